The molecule has 3 rings (SSSR count). The number of nitro groups is 1. The van der Waals surface area contributed by atoms with Gasteiger partial charge in [0.25, 0.3) is 5.91 Å². The first-order valence-electron chi connectivity index (χ1n) is 9.70. The minimum atomic E-state index is -0.539. The molecule has 162 valence electrons. The second-order valence-corrected chi connectivity index (χ2v) is 7.61. The quantitative estimate of drug-likeness (QED) is 0.412. The van der Waals surface area contributed by atoms with Crippen molar-refractivity contribution in [2.45, 2.75) is 33.9 Å². The molecule has 0 fully saturated rings. The lowest BCUT2D eigenvalue weighted by molar-refractivity contribution is -0.389. The Bertz CT molecular complexity index is 1090. The number of benzene rings is 2. The topological polar surface area (TPSA) is 99.3 Å². The molecule has 0 atom stereocenters. The van der Waals surface area contributed by atoms with Gasteiger partial charge in [-0.1, -0.05) is 23.7 Å². The van der Waals surface area contributed by atoms with E-state index in [1.165, 1.54) is 10.7 Å². The maximum atomic E-state index is 12.3. The van der Waals surface area contributed by atoms with Gasteiger partial charge in [-0.3, -0.25) is 4.79 Å². The minimum Gasteiger partial charge on any atom is -0.489 e. The summed E-state index contributed by atoms with van der Waals surface area (Å²) in [5.74, 6) is 0.316. The first-order valence-corrected chi connectivity index (χ1v) is 10.1. The number of carbonyl (C=O) groups excluding carboxylic acids is 1. The third-order valence-electron chi connectivity index (χ3n) is 4.80. The van der Waals surface area contributed by atoms with Crippen molar-refractivity contribution >= 4 is 23.3 Å². The van der Waals surface area contributed by atoms with Gasteiger partial charge in [0.05, 0.1) is 23.4 Å². The first-order chi connectivity index (χ1) is 14.7. The van der Waals surface area contributed by atoms with Gasteiger partial charge in [0.1, 0.15) is 12.4 Å². The molecule has 2 aromatic carbocycles. The molecule has 9 heteroatoms. The van der Waals surface area contributed by atoms with Gasteiger partial charge >= 0.3 is 5.82 Å². The van der Waals surface area contributed by atoms with Crippen LogP contribution < -0.4 is 10.1 Å². The molecule has 1 aromatic heterocycles. The first kappa shape index (κ1) is 22.3. The van der Waals surface area contributed by atoms with Gasteiger partial charge < -0.3 is 20.2 Å². The lowest BCUT2D eigenvalue weighted by Crippen LogP contribution is -2.27. The summed E-state index contributed by atoms with van der Waals surface area (Å²) in [6.07, 6.45) is 0. The van der Waals surface area contributed by atoms with Crippen molar-refractivity contribution in [2.24, 2.45) is 0 Å². The third kappa shape index (κ3) is 5.61. The highest BCUT2D eigenvalue weighted by Crippen LogP contribution is 2.26. The number of rotatable bonds is 8. The van der Waals surface area contributed by atoms with Crippen molar-refractivity contribution in [3.8, 4) is 5.75 Å². The Morgan fingerprint density at radius 3 is 2.39 bits per heavy atom. The highest BCUT2D eigenvalue weighted by molar-refractivity contribution is 6.32. The van der Waals surface area contributed by atoms with E-state index in [1.54, 1.807) is 19.1 Å². The number of hydrogen-bond acceptors (Lipinski definition) is 5. The Balaban J connectivity index is 1.51. The van der Waals surface area contributed by atoms with E-state index in [9.17, 15) is 14.9 Å². The minimum absolute atomic E-state index is 0.203. The summed E-state index contributed by atoms with van der Waals surface area (Å²) in [5, 5.41) is 18.2. The smallest absolute Gasteiger partial charge is 0.390 e. The molecule has 1 N–H and O–H groups in total. The number of amides is 1. The van der Waals surface area contributed by atoms with Gasteiger partial charge in [-0.25, -0.2) is 0 Å². The zero-order chi connectivity index (χ0) is 22.5. The molecule has 0 radical (unpaired) electrons. The van der Waals surface area contributed by atoms with Crippen LogP contribution in [-0.2, 0) is 13.2 Å². The van der Waals surface area contributed by atoms with Crippen molar-refractivity contribution < 1.29 is 14.5 Å². The van der Waals surface area contributed by atoms with E-state index in [0.717, 1.165) is 27.5 Å². The summed E-state index contributed by atoms with van der Waals surface area (Å²) in [4.78, 5) is 22.6. The zero-order valence-corrected chi connectivity index (χ0v) is 18.3. The summed E-state index contributed by atoms with van der Waals surface area (Å²) < 4.78 is 7.34. The van der Waals surface area contributed by atoms with Crippen LogP contribution in [-0.4, -0.2) is 27.2 Å². The van der Waals surface area contributed by atoms with Crippen molar-refractivity contribution in [1.29, 1.82) is 0 Å². The Hall–Kier alpha value is -3.39. The number of nitrogens with one attached hydrogen (secondary N) is 1. The van der Waals surface area contributed by atoms with Crippen LogP contribution in [0.4, 0.5) is 5.82 Å². The van der Waals surface area contributed by atoms with E-state index >= 15 is 0 Å². The van der Waals surface area contributed by atoms with Gasteiger partial charge in [0, 0.05) is 17.1 Å². The summed E-state index contributed by atoms with van der Waals surface area (Å²) in [6.45, 7) is 6.62. The molecular formula is C22H23ClN4O4. The lowest BCUT2D eigenvalue weighted by atomic mass is 10.1. The second kappa shape index (κ2) is 9.61. The van der Waals surface area contributed by atoms with Crippen LogP contribution in [0.2, 0.25) is 5.02 Å². The fourth-order valence-corrected chi connectivity index (χ4v) is 3.20. The van der Waals surface area contributed by atoms with Gasteiger partial charge in [-0.2, -0.15) is 4.68 Å². The van der Waals surface area contributed by atoms with E-state index in [0.29, 0.717) is 31.0 Å². The molecule has 0 bridgehead atoms. The highest BCUT2D eigenvalue weighted by Gasteiger charge is 2.15. The molecule has 0 unspecified atom stereocenters. The molecule has 3 aromatic rings. The summed E-state index contributed by atoms with van der Waals surface area (Å²) in [5.41, 5.74) is 4.04. The van der Waals surface area contributed by atoms with Gasteiger partial charge in [-0.05, 0) is 66.7 Å². The van der Waals surface area contributed by atoms with Crippen LogP contribution in [0.5, 0.6) is 5.75 Å². The Morgan fingerprint density at radius 2 is 1.81 bits per heavy atom. The number of ether oxygens (including phenoxy) is 1. The Labute approximate surface area is 184 Å². The van der Waals surface area contributed by atoms with Gasteiger partial charge in [-0.15, -0.1) is 0 Å². The molecule has 8 nitrogen and oxygen atoms in total. The summed E-state index contributed by atoms with van der Waals surface area (Å²) in [6, 6.07) is 12.3. The fraction of sp³-hybridized carbons (Fsp3) is 0.273. The van der Waals surface area contributed by atoms with Crippen LogP contribution in [0.3, 0.4) is 0 Å². The molecule has 0 saturated carbocycles. The van der Waals surface area contributed by atoms with Crippen molar-refractivity contribution in [2.75, 3.05) is 6.54 Å². The standard InChI is InChI=1S/C22H23ClN4O4/c1-14-10-19(11-15(2)21(14)23)31-13-17-4-6-18(7-5-17)22(28)24-8-9-26-16(3)12-20(25-26)27(29)30/h4-7,10-12H,8-9,13H2,1-3H3,(H,24,28). The number of nitrogens with zero attached hydrogens (tertiary/aromatic N) is 3. The van der Waals surface area contributed by atoms with Crippen LogP contribution in [0.25, 0.3) is 0 Å². The third-order valence-corrected chi connectivity index (χ3v) is 5.39. The second-order valence-electron chi connectivity index (χ2n) is 7.24. The van der Waals surface area contributed by atoms with Crippen LogP contribution >= 0.6 is 11.6 Å². The molecule has 0 spiro atoms. The van der Waals surface area contributed by atoms with E-state index in [1.807, 2.05) is 38.1 Å². The largest absolute Gasteiger partial charge is 0.489 e. The number of aryl methyl sites for hydroxylation is 3. The van der Waals surface area contributed by atoms with E-state index < -0.39 is 4.92 Å². The van der Waals surface area contributed by atoms with Gasteiger partial charge in [0.2, 0.25) is 0 Å². The van der Waals surface area contributed by atoms with Crippen LogP contribution in [0.1, 0.15) is 32.7 Å². The fourth-order valence-electron chi connectivity index (χ4n) is 3.09. The summed E-state index contributed by atoms with van der Waals surface area (Å²) >= 11 is 6.18. The number of carbonyl (C=O) groups is 1. The average Bonchev–Trinajstić information content (AvgIpc) is 3.11. The normalized spacial score (nSPS) is 10.7. The van der Waals surface area contributed by atoms with Crippen LogP contribution in [0, 0.1) is 30.9 Å². The maximum absolute atomic E-state index is 12.3. The predicted octanol–water partition coefficient (Wildman–Crippen LogP) is 4.38. The Morgan fingerprint density at radius 1 is 1.16 bits per heavy atom. The molecule has 1 amide bonds. The number of halogens is 1. The molecule has 0 aliphatic rings. The van der Waals surface area contributed by atoms with Gasteiger partial charge in [0.15, 0.2) is 0 Å². The summed E-state index contributed by atoms with van der Waals surface area (Å²) in [7, 11) is 0. The molecule has 0 saturated heterocycles. The van der Waals surface area contributed by atoms with E-state index in [-0.39, 0.29) is 11.7 Å². The predicted molar refractivity (Wildman–Crippen MR) is 118 cm³/mol. The Kier molecular flexibility index (Phi) is 6.91. The van der Waals surface area contributed by atoms with Crippen molar-refractivity contribution in [1.82, 2.24) is 15.1 Å². The van der Waals surface area contributed by atoms with E-state index in [4.69, 9.17) is 16.3 Å². The number of aromatic nitrogens is 2. The molecular weight excluding hydrogens is 420 g/mol. The SMILES string of the molecule is Cc1cc(OCc2ccc(C(=O)NCCn3nc([N+](=O)[O-])cc3C)cc2)cc(C)c1Cl. The molecule has 0 aliphatic heterocycles. The lowest BCUT2D eigenvalue weighted by Gasteiger charge is -2.10. The molecule has 0 aliphatic carbocycles. The highest BCUT2D eigenvalue weighted by atomic mass is 35.5. The van der Waals surface area contributed by atoms with E-state index in [2.05, 4.69) is 10.4 Å². The number of hydrogen-bond donors (Lipinski definition) is 1. The average molecular weight is 443 g/mol. The molecule has 1 heterocycles. The van der Waals surface area contributed by atoms with Crippen molar-refractivity contribution in [3.05, 3.63) is 85.5 Å². The zero-order valence-electron chi connectivity index (χ0n) is 17.5. The molecule has 31 heavy (non-hydrogen) atoms. The van der Waals surface area contributed by atoms with Crippen LogP contribution in [0.15, 0.2) is 42.5 Å². The maximum Gasteiger partial charge on any atom is 0.390 e. The van der Waals surface area contributed by atoms with Crippen molar-refractivity contribution in [3.63, 3.8) is 0 Å². The monoisotopic (exact) mass is 442 g/mol.